The van der Waals surface area contributed by atoms with E-state index in [2.05, 4.69) is 9.97 Å². The molecule has 0 amide bonds. The van der Waals surface area contributed by atoms with Gasteiger partial charge in [0, 0.05) is 17.8 Å². The van der Waals surface area contributed by atoms with Gasteiger partial charge in [0.1, 0.15) is 0 Å². The van der Waals surface area contributed by atoms with Crippen molar-refractivity contribution in [3.05, 3.63) is 30.0 Å². The van der Waals surface area contributed by atoms with Crippen molar-refractivity contribution in [2.24, 2.45) is 0 Å². The van der Waals surface area contributed by atoms with Crippen LogP contribution in [0.1, 0.15) is 41.9 Å². The Morgan fingerprint density at radius 2 is 2.29 bits per heavy atom. The Kier molecular flexibility index (Phi) is 2.31. The molecule has 0 aromatic carbocycles. The van der Waals surface area contributed by atoms with Crippen molar-refractivity contribution in [3.63, 3.8) is 0 Å². The van der Waals surface area contributed by atoms with Gasteiger partial charge in [-0.3, -0.25) is 9.38 Å². The molecule has 0 unspecified atom stereocenters. The largest absolute Gasteiger partial charge is 0.461 e. The molecule has 1 aliphatic rings. The summed E-state index contributed by atoms with van der Waals surface area (Å²) in [6, 6.07) is 0. The van der Waals surface area contributed by atoms with Crippen LogP contribution in [0.4, 0.5) is 0 Å². The van der Waals surface area contributed by atoms with E-state index in [9.17, 15) is 4.79 Å². The van der Waals surface area contributed by atoms with E-state index in [-0.39, 0.29) is 5.97 Å². The number of nitrogens with zero attached hydrogens (tertiary/aromatic N) is 3. The Balaban J connectivity index is 2.15. The first kappa shape index (κ1) is 10.3. The average molecular weight is 231 g/mol. The molecule has 1 saturated carbocycles. The molecule has 88 valence electrons. The van der Waals surface area contributed by atoms with E-state index >= 15 is 0 Å². The predicted octanol–water partition coefficient (Wildman–Crippen LogP) is 1.78. The Morgan fingerprint density at radius 3 is 3.00 bits per heavy atom. The number of hydrogen-bond donors (Lipinski definition) is 0. The number of imidazole rings is 1. The van der Waals surface area contributed by atoms with E-state index in [1.165, 1.54) is 0 Å². The highest BCUT2D eigenvalue weighted by molar-refractivity contribution is 5.88. The summed E-state index contributed by atoms with van der Waals surface area (Å²) in [7, 11) is 0. The molecular formula is C12H13N3O2. The van der Waals surface area contributed by atoms with Crippen LogP contribution in [-0.2, 0) is 4.74 Å². The third-order valence-corrected chi connectivity index (χ3v) is 2.92. The van der Waals surface area contributed by atoms with Crippen LogP contribution in [0.3, 0.4) is 0 Å². The monoisotopic (exact) mass is 231 g/mol. The lowest BCUT2D eigenvalue weighted by atomic mass is 10.3. The molecule has 0 radical (unpaired) electrons. The van der Waals surface area contributed by atoms with Crippen LogP contribution in [-0.4, -0.2) is 26.9 Å². The molecule has 17 heavy (non-hydrogen) atoms. The number of carbonyl (C=O) groups excluding carboxylic acids is 1. The lowest BCUT2D eigenvalue weighted by molar-refractivity contribution is 0.0518. The molecule has 5 heteroatoms. The summed E-state index contributed by atoms with van der Waals surface area (Å²) in [4.78, 5) is 20.2. The van der Waals surface area contributed by atoms with Gasteiger partial charge in [-0.25, -0.2) is 9.78 Å². The number of carbonyl (C=O) groups is 1. The van der Waals surface area contributed by atoms with Gasteiger partial charge in [0.2, 0.25) is 0 Å². The van der Waals surface area contributed by atoms with E-state index in [1.807, 2.05) is 10.6 Å². The molecule has 0 atom stereocenters. The normalized spacial score (nSPS) is 15.1. The molecular weight excluding hydrogens is 218 g/mol. The van der Waals surface area contributed by atoms with Crippen LogP contribution in [0.5, 0.6) is 0 Å². The minimum absolute atomic E-state index is 0.326. The first-order chi connectivity index (χ1) is 8.31. The molecule has 5 nitrogen and oxygen atoms in total. The van der Waals surface area contributed by atoms with Gasteiger partial charge in [-0.2, -0.15) is 0 Å². The summed E-state index contributed by atoms with van der Waals surface area (Å²) >= 11 is 0. The van der Waals surface area contributed by atoms with E-state index in [0.717, 1.165) is 18.5 Å². The van der Waals surface area contributed by atoms with Crippen molar-refractivity contribution in [1.29, 1.82) is 0 Å². The molecule has 3 rings (SSSR count). The summed E-state index contributed by atoms with van der Waals surface area (Å²) in [5.41, 5.74) is 2.26. The smallest absolute Gasteiger partial charge is 0.356 e. The fraction of sp³-hybridized carbons (Fsp3) is 0.417. The SMILES string of the molecule is CCOC(=O)c1cnc2cncc(C3CC3)n12. The Hall–Kier alpha value is -1.91. The fourth-order valence-corrected chi connectivity index (χ4v) is 1.98. The van der Waals surface area contributed by atoms with Gasteiger partial charge in [-0.15, -0.1) is 0 Å². The zero-order chi connectivity index (χ0) is 11.8. The van der Waals surface area contributed by atoms with E-state index in [0.29, 0.717) is 23.9 Å². The van der Waals surface area contributed by atoms with Crippen molar-refractivity contribution >= 4 is 11.6 Å². The standard InChI is InChI=1S/C12H13N3O2/c1-2-17-12(16)10-6-14-11-7-13-5-9(15(10)11)8-3-4-8/h5-8H,2-4H2,1H3. The van der Waals surface area contributed by atoms with Crippen LogP contribution >= 0.6 is 0 Å². The van der Waals surface area contributed by atoms with Crippen LogP contribution < -0.4 is 0 Å². The first-order valence-corrected chi connectivity index (χ1v) is 5.79. The molecule has 0 spiro atoms. The van der Waals surface area contributed by atoms with E-state index < -0.39 is 0 Å². The summed E-state index contributed by atoms with van der Waals surface area (Å²) in [6.07, 6.45) is 7.34. The van der Waals surface area contributed by atoms with Gasteiger partial charge < -0.3 is 4.74 Å². The van der Waals surface area contributed by atoms with Gasteiger partial charge >= 0.3 is 5.97 Å². The zero-order valence-corrected chi connectivity index (χ0v) is 9.59. The minimum atomic E-state index is -0.326. The van der Waals surface area contributed by atoms with Gasteiger partial charge in [-0.05, 0) is 19.8 Å². The second kappa shape index (κ2) is 3.84. The second-order valence-electron chi connectivity index (χ2n) is 4.16. The molecule has 0 saturated heterocycles. The van der Waals surface area contributed by atoms with Crippen molar-refractivity contribution in [1.82, 2.24) is 14.4 Å². The second-order valence-corrected chi connectivity index (χ2v) is 4.16. The quantitative estimate of drug-likeness (QED) is 0.755. The Morgan fingerprint density at radius 1 is 1.47 bits per heavy atom. The van der Waals surface area contributed by atoms with Crippen molar-refractivity contribution < 1.29 is 9.53 Å². The van der Waals surface area contributed by atoms with Crippen molar-refractivity contribution in [2.75, 3.05) is 6.61 Å². The number of hydrogen-bond acceptors (Lipinski definition) is 4. The highest BCUT2D eigenvalue weighted by atomic mass is 16.5. The maximum Gasteiger partial charge on any atom is 0.356 e. The molecule has 2 aromatic rings. The van der Waals surface area contributed by atoms with Crippen molar-refractivity contribution in [3.8, 4) is 0 Å². The topological polar surface area (TPSA) is 56.5 Å². The molecule has 0 aliphatic heterocycles. The van der Waals surface area contributed by atoms with Crippen LogP contribution in [0.15, 0.2) is 18.6 Å². The summed E-state index contributed by atoms with van der Waals surface area (Å²) in [6.45, 7) is 2.17. The number of aromatic nitrogens is 3. The molecule has 0 N–H and O–H groups in total. The van der Waals surface area contributed by atoms with Crippen LogP contribution in [0.25, 0.3) is 5.65 Å². The molecule has 1 fully saturated rings. The van der Waals surface area contributed by atoms with Crippen LogP contribution in [0.2, 0.25) is 0 Å². The molecule has 2 aromatic heterocycles. The number of rotatable bonds is 3. The average Bonchev–Trinajstić information content (AvgIpc) is 3.08. The Bertz CT molecular complexity index is 572. The highest BCUT2D eigenvalue weighted by Gasteiger charge is 2.28. The Labute approximate surface area is 98.4 Å². The predicted molar refractivity (Wildman–Crippen MR) is 60.9 cm³/mol. The summed E-state index contributed by atoms with van der Waals surface area (Å²) in [5, 5.41) is 0. The lowest BCUT2D eigenvalue weighted by Crippen LogP contribution is -2.10. The first-order valence-electron chi connectivity index (χ1n) is 5.79. The maximum atomic E-state index is 11.8. The lowest BCUT2D eigenvalue weighted by Gasteiger charge is -2.06. The molecule has 1 aliphatic carbocycles. The van der Waals surface area contributed by atoms with Gasteiger partial charge in [0.15, 0.2) is 11.3 Å². The van der Waals surface area contributed by atoms with Crippen LogP contribution in [0, 0.1) is 0 Å². The van der Waals surface area contributed by atoms with E-state index in [1.54, 1.807) is 19.3 Å². The van der Waals surface area contributed by atoms with E-state index in [4.69, 9.17) is 4.74 Å². The number of esters is 1. The van der Waals surface area contributed by atoms with Gasteiger partial charge in [0.25, 0.3) is 0 Å². The summed E-state index contributed by atoms with van der Waals surface area (Å²) < 4.78 is 6.89. The third-order valence-electron chi connectivity index (χ3n) is 2.92. The maximum absolute atomic E-state index is 11.8. The highest BCUT2D eigenvalue weighted by Crippen LogP contribution is 2.40. The number of ether oxygens (including phenoxy) is 1. The van der Waals surface area contributed by atoms with Gasteiger partial charge in [0.05, 0.1) is 19.0 Å². The third kappa shape index (κ3) is 1.67. The minimum Gasteiger partial charge on any atom is -0.461 e. The molecule has 2 heterocycles. The summed E-state index contributed by atoms with van der Waals surface area (Å²) in [5.74, 6) is 0.182. The molecule has 0 bridgehead atoms. The van der Waals surface area contributed by atoms with Crippen molar-refractivity contribution in [2.45, 2.75) is 25.7 Å². The number of fused-ring (bicyclic) bond motifs is 1. The fourth-order valence-electron chi connectivity index (χ4n) is 1.98. The van der Waals surface area contributed by atoms with Gasteiger partial charge in [-0.1, -0.05) is 0 Å². The zero-order valence-electron chi connectivity index (χ0n) is 9.59.